The molecule has 1 aromatic heterocycles. The molecule has 2 heterocycles. The molecule has 11 heteroatoms. The summed E-state index contributed by atoms with van der Waals surface area (Å²) >= 11 is 1.39. The van der Waals surface area contributed by atoms with Gasteiger partial charge in [-0.2, -0.15) is 0 Å². The van der Waals surface area contributed by atoms with Gasteiger partial charge in [0.25, 0.3) is 5.91 Å². The number of carbonyl (C=O) groups excluding carboxylic acids is 3. The Labute approximate surface area is 224 Å². The number of carbonyl (C=O) groups is 4. The van der Waals surface area contributed by atoms with Crippen LogP contribution in [0.4, 0.5) is 0 Å². The van der Waals surface area contributed by atoms with Gasteiger partial charge in [-0.3, -0.25) is 24.1 Å². The fourth-order valence-corrected chi connectivity index (χ4v) is 5.12. The molecule has 208 valence electrons. The molecule has 10 nitrogen and oxygen atoms in total. The second-order valence-electron chi connectivity index (χ2n) is 10.1. The number of likely N-dealkylation sites (N-methyl/N-ethyl adjacent to an activating group) is 2. The summed E-state index contributed by atoms with van der Waals surface area (Å²) in [6.45, 7) is 7.30. The van der Waals surface area contributed by atoms with Crippen LogP contribution in [0.25, 0.3) is 0 Å². The largest absolute Gasteiger partial charge is 0.481 e. The molecular formula is C26H43N5O5S. The smallest absolute Gasteiger partial charge is 0.306 e. The Balaban J connectivity index is 1.84. The molecule has 0 bridgehead atoms. The zero-order valence-corrected chi connectivity index (χ0v) is 23.6. The standard InChI is InChI=1S/C26H43N5O5S/c1-6-17(2)22(29-24(33)20-10-7-8-14-30(20)4)25(34)31(5)15-9-11-21-28-19(16-37-21)23(32)27-13-12-18(3)26(35)36/h16-18,20,22H,6-15H2,1-5H3,(H,27,32)(H,29,33)(H,35,36). The summed E-state index contributed by atoms with van der Waals surface area (Å²) in [4.78, 5) is 57.5. The van der Waals surface area contributed by atoms with Gasteiger partial charge >= 0.3 is 5.97 Å². The molecule has 1 aliphatic heterocycles. The highest BCUT2D eigenvalue weighted by atomic mass is 32.1. The van der Waals surface area contributed by atoms with Gasteiger partial charge in [0.2, 0.25) is 11.8 Å². The number of piperidine rings is 1. The first-order chi connectivity index (χ1) is 17.5. The van der Waals surface area contributed by atoms with Crippen LogP contribution in [-0.2, 0) is 20.8 Å². The van der Waals surface area contributed by atoms with Crippen LogP contribution in [0.2, 0.25) is 0 Å². The average Bonchev–Trinajstić information content (AvgIpc) is 3.35. The number of aliphatic carboxylic acids is 1. The summed E-state index contributed by atoms with van der Waals surface area (Å²) in [6, 6.07) is -0.743. The van der Waals surface area contributed by atoms with Crippen LogP contribution in [0.1, 0.15) is 74.8 Å². The van der Waals surface area contributed by atoms with Crippen molar-refractivity contribution < 1.29 is 24.3 Å². The molecule has 2 rings (SSSR count). The molecular weight excluding hydrogens is 494 g/mol. The molecule has 4 unspecified atom stereocenters. The molecule has 1 aromatic rings. The second-order valence-corrected chi connectivity index (χ2v) is 11.1. The van der Waals surface area contributed by atoms with E-state index >= 15 is 0 Å². The lowest BCUT2D eigenvalue weighted by Crippen LogP contribution is -2.56. The van der Waals surface area contributed by atoms with Gasteiger partial charge in [0.05, 0.1) is 17.0 Å². The predicted molar refractivity (Wildman–Crippen MR) is 143 cm³/mol. The monoisotopic (exact) mass is 537 g/mol. The van der Waals surface area contributed by atoms with E-state index in [0.29, 0.717) is 31.5 Å². The molecule has 0 aliphatic carbocycles. The molecule has 4 atom stereocenters. The van der Waals surface area contributed by atoms with Gasteiger partial charge in [-0.15, -0.1) is 11.3 Å². The Kier molecular flexibility index (Phi) is 12.5. The molecule has 1 aliphatic rings. The van der Waals surface area contributed by atoms with Crippen LogP contribution in [-0.4, -0.2) is 89.4 Å². The zero-order chi connectivity index (χ0) is 27.5. The van der Waals surface area contributed by atoms with Crippen LogP contribution in [0.5, 0.6) is 0 Å². The third kappa shape index (κ3) is 9.37. The number of amides is 3. The van der Waals surface area contributed by atoms with Gasteiger partial charge in [0, 0.05) is 31.9 Å². The Hall–Kier alpha value is -2.53. The lowest BCUT2D eigenvalue weighted by atomic mass is 9.96. The first-order valence-electron chi connectivity index (χ1n) is 13.3. The first-order valence-corrected chi connectivity index (χ1v) is 14.1. The van der Waals surface area contributed by atoms with E-state index in [1.165, 1.54) is 11.3 Å². The Bertz CT molecular complexity index is 923. The van der Waals surface area contributed by atoms with Crippen molar-refractivity contribution in [1.82, 2.24) is 25.4 Å². The normalized spacial score (nSPS) is 18.5. The van der Waals surface area contributed by atoms with E-state index < -0.39 is 17.9 Å². The van der Waals surface area contributed by atoms with Crippen molar-refractivity contribution in [3.05, 3.63) is 16.1 Å². The quantitative estimate of drug-likeness (QED) is 0.332. The topological polar surface area (TPSA) is 132 Å². The summed E-state index contributed by atoms with van der Waals surface area (Å²) in [5.74, 6) is -1.86. The summed E-state index contributed by atoms with van der Waals surface area (Å²) in [7, 11) is 3.72. The highest BCUT2D eigenvalue weighted by Crippen LogP contribution is 2.18. The summed E-state index contributed by atoms with van der Waals surface area (Å²) in [6.07, 6.45) is 5.37. The highest BCUT2D eigenvalue weighted by Gasteiger charge is 2.33. The van der Waals surface area contributed by atoms with Crippen LogP contribution >= 0.6 is 11.3 Å². The number of nitrogens with zero attached hydrogens (tertiary/aromatic N) is 3. The van der Waals surface area contributed by atoms with Gasteiger partial charge in [-0.05, 0) is 45.2 Å². The van der Waals surface area contributed by atoms with Crippen molar-refractivity contribution in [3.63, 3.8) is 0 Å². The molecule has 0 aromatic carbocycles. The van der Waals surface area contributed by atoms with Gasteiger partial charge in [-0.1, -0.05) is 33.6 Å². The van der Waals surface area contributed by atoms with Crippen LogP contribution in [0, 0.1) is 11.8 Å². The average molecular weight is 538 g/mol. The van der Waals surface area contributed by atoms with Crippen molar-refractivity contribution >= 4 is 35.0 Å². The molecule has 1 saturated heterocycles. The minimum absolute atomic E-state index is 0.0197. The Morgan fingerprint density at radius 1 is 1.27 bits per heavy atom. The minimum atomic E-state index is -0.886. The minimum Gasteiger partial charge on any atom is -0.481 e. The maximum atomic E-state index is 13.3. The maximum absolute atomic E-state index is 13.3. The third-order valence-electron chi connectivity index (χ3n) is 7.18. The summed E-state index contributed by atoms with van der Waals surface area (Å²) < 4.78 is 0. The summed E-state index contributed by atoms with van der Waals surface area (Å²) in [5.41, 5.74) is 0.319. The van der Waals surface area contributed by atoms with Gasteiger partial charge in [0.15, 0.2) is 0 Å². The van der Waals surface area contributed by atoms with Gasteiger partial charge in [0.1, 0.15) is 11.7 Å². The lowest BCUT2D eigenvalue weighted by Gasteiger charge is -2.34. The molecule has 0 radical (unpaired) electrons. The zero-order valence-electron chi connectivity index (χ0n) is 22.8. The van der Waals surface area contributed by atoms with Crippen molar-refractivity contribution in [2.24, 2.45) is 11.8 Å². The van der Waals surface area contributed by atoms with Crippen LogP contribution < -0.4 is 10.6 Å². The van der Waals surface area contributed by atoms with E-state index in [0.717, 1.165) is 37.2 Å². The molecule has 1 fully saturated rings. The summed E-state index contributed by atoms with van der Waals surface area (Å²) in [5, 5.41) is 17.2. The van der Waals surface area contributed by atoms with E-state index in [1.807, 2.05) is 20.9 Å². The van der Waals surface area contributed by atoms with Crippen LogP contribution in [0.15, 0.2) is 5.38 Å². The number of hydrogen-bond donors (Lipinski definition) is 3. The molecule has 0 saturated carbocycles. The van der Waals surface area contributed by atoms with Gasteiger partial charge < -0.3 is 20.6 Å². The van der Waals surface area contributed by atoms with Gasteiger partial charge in [-0.25, -0.2) is 4.98 Å². The number of carboxylic acid groups (broad SMARTS) is 1. The Morgan fingerprint density at radius 3 is 2.65 bits per heavy atom. The van der Waals surface area contributed by atoms with E-state index in [9.17, 15) is 19.2 Å². The number of carboxylic acids is 1. The number of nitrogens with one attached hydrogen (secondary N) is 2. The van der Waals surface area contributed by atoms with Crippen LogP contribution in [0.3, 0.4) is 0 Å². The van der Waals surface area contributed by atoms with E-state index in [1.54, 1.807) is 24.3 Å². The highest BCUT2D eigenvalue weighted by molar-refractivity contribution is 7.09. The van der Waals surface area contributed by atoms with E-state index in [-0.39, 0.29) is 36.2 Å². The number of likely N-dealkylation sites (tertiary alicyclic amines) is 1. The fraction of sp³-hybridized carbons (Fsp3) is 0.731. The van der Waals surface area contributed by atoms with Crippen molar-refractivity contribution in [2.45, 2.75) is 77.8 Å². The predicted octanol–water partition coefficient (Wildman–Crippen LogP) is 2.39. The fourth-order valence-electron chi connectivity index (χ4n) is 4.30. The molecule has 37 heavy (non-hydrogen) atoms. The molecule has 3 N–H and O–H groups in total. The van der Waals surface area contributed by atoms with Crippen molar-refractivity contribution in [3.8, 4) is 0 Å². The Morgan fingerprint density at radius 2 is 2.00 bits per heavy atom. The number of hydrogen-bond acceptors (Lipinski definition) is 7. The third-order valence-corrected chi connectivity index (χ3v) is 8.09. The van der Waals surface area contributed by atoms with Crippen molar-refractivity contribution in [2.75, 3.05) is 33.7 Å². The maximum Gasteiger partial charge on any atom is 0.306 e. The molecule has 0 spiro atoms. The number of aromatic nitrogens is 1. The number of thiazole rings is 1. The van der Waals surface area contributed by atoms with E-state index in [2.05, 4.69) is 20.5 Å². The molecule has 3 amide bonds. The lowest BCUT2D eigenvalue weighted by molar-refractivity contribution is -0.141. The SMILES string of the molecule is CCC(C)C(NC(=O)C1CCCCN1C)C(=O)N(C)CCCc1nc(C(=O)NCCC(C)C(=O)O)cs1. The van der Waals surface area contributed by atoms with E-state index in [4.69, 9.17) is 5.11 Å². The number of aryl methyl sites for hydroxylation is 1. The first kappa shape index (κ1) is 30.7. The number of rotatable bonds is 14. The van der Waals surface area contributed by atoms with Crippen molar-refractivity contribution in [1.29, 1.82) is 0 Å². The second kappa shape index (κ2) is 15.0.